The molecule has 0 saturated carbocycles. The highest BCUT2D eigenvalue weighted by atomic mass is 16.5. The third kappa shape index (κ3) is 3.40. The Hall–Kier alpha value is -0.900. The summed E-state index contributed by atoms with van der Waals surface area (Å²) in [7, 11) is 1.80. The first-order chi connectivity index (χ1) is 9.45. The lowest BCUT2D eigenvalue weighted by Crippen LogP contribution is -2.33. The Labute approximate surface area is 123 Å². The van der Waals surface area contributed by atoms with E-state index >= 15 is 0 Å². The first-order valence-electron chi connectivity index (χ1n) is 7.53. The van der Waals surface area contributed by atoms with E-state index in [9.17, 15) is 0 Å². The highest BCUT2D eigenvalue weighted by molar-refractivity contribution is 5.29. The monoisotopic (exact) mass is 276 g/mol. The predicted molar refractivity (Wildman–Crippen MR) is 83.9 cm³/mol. The molecule has 1 aliphatic rings. The van der Waals surface area contributed by atoms with Crippen LogP contribution in [-0.2, 0) is 10.2 Å². The van der Waals surface area contributed by atoms with Gasteiger partial charge in [-0.3, -0.25) is 4.90 Å². The van der Waals surface area contributed by atoms with Gasteiger partial charge >= 0.3 is 0 Å². The van der Waals surface area contributed by atoms with E-state index in [1.54, 1.807) is 7.11 Å². The van der Waals surface area contributed by atoms with Crippen molar-refractivity contribution in [1.82, 2.24) is 4.90 Å². The molecule has 1 heterocycles. The summed E-state index contributed by atoms with van der Waals surface area (Å²) in [6, 6.07) is 9.25. The Morgan fingerprint density at radius 1 is 1.30 bits per heavy atom. The molecule has 1 aromatic carbocycles. The minimum Gasteiger partial charge on any atom is -0.380 e. The minimum atomic E-state index is 0.200. The lowest BCUT2D eigenvalue weighted by molar-refractivity contribution is 0.101. The summed E-state index contributed by atoms with van der Waals surface area (Å²) >= 11 is 0. The van der Waals surface area contributed by atoms with Crippen molar-refractivity contribution in [3.8, 4) is 0 Å². The summed E-state index contributed by atoms with van der Waals surface area (Å²) in [5.41, 5.74) is 8.90. The topological polar surface area (TPSA) is 38.5 Å². The maximum Gasteiger partial charge on any atom is 0.0710 e. The lowest BCUT2D eigenvalue weighted by atomic mass is 9.86. The molecule has 2 rings (SSSR count). The molecule has 20 heavy (non-hydrogen) atoms. The van der Waals surface area contributed by atoms with Crippen LogP contribution < -0.4 is 5.73 Å². The van der Waals surface area contributed by atoms with Crippen LogP contribution in [-0.4, -0.2) is 37.7 Å². The molecule has 1 fully saturated rings. The van der Waals surface area contributed by atoms with Gasteiger partial charge in [-0.1, -0.05) is 45.0 Å². The number of hydrogen-bond donors (Lipinski definition) is 1. The molecular formula is C17H28N2O. The smallest absolute Gasteiger partial charge is 0.0710 e. The fourth-order valence-corrected chi connectivity index (χ4v) is 2.93. The molecule has 2 N–H and O–H groups in total. The van der Waals surface area contributed by atoms with Gasteiger partial charge in [0.1, 0.15) is 0 Å². The highest BCUT2D eigenvalue weighted by Crippen LogP contribution is 2.28. The number of methoxy groups -OCH3 is 1. The molecule has 3 nitrogen and oxygen atoms in total. The van der Waals surface area contributed by atoms with E-state index < -0.39 is 0 Å². The summed E-state index contributed by atoms with van der Waals surface area (Å²) in [5, 5.41) is 0. The van der Waals surface area contributed by atoms with Crippen molar-refractivity contribution in [3.63, 3.8) is 0 Å². The van der Waals surface area contributed by atoms with Gasteiger partial charge in [-0.05, 0) is 23.0 Å². The van der Waals surface area contributed by atoms with E-state index in [4.69, 9.17) is 10.5 Å². The third-order valence-corrected chi connectivity index (χ3v) is 4.34. The molecule has 3 heteroatoms. The fraction of sp³-hybridized carbons (Fsp3) is 0.647. The Balaban J connectivity index is 2.12. The van der Waals surface area contributed by atoms with E-state index in [1.807, 2.05) is 0 Å². The van der Waals surface area contributed by atoms with Gasteiger partial charge in [0.05, 0.1) is 6.10 Å². The van der Waals surface area contributed by atoms with Crippen molar-refractivity contribution >= 4 is 0 Å². The van der Waals surface area contributed by atoms with Crippen LogP contribution in [0.15, 0.2) is 24.3 Å². The average molecular weight is 276 g/mol. The number of rotatable bonds is 4. The highest BCUT2D eigenvalue weighted by Gasteiger charge is 2.28. The molecule has 0 spiro atoms. The average Bonchev–Trinajstić information content (AvgIpc) is 2.88. The van der Waals surface area contributed by atoms with Crippen LogP contribution in [0.2, 0.25) is 0 Å². The first kappa shape index (κ1) is 15.5. The molecule has 1 aromatic rings. The summed E-state index contributed by atoms with van der Waals surface area (Å²) in [4.78, 5) is 2.44. The number of nitrogens with zero attached hydrogens (tertiary/aromatic N) is 1. The molecule has 0 aliphatic carbocycles. The van der Waals surface area contributed by atoms with Crippen LogP contribution in [0.5, 0.6) is 0 Å². The van der Waals surface area contributed by atoms with Gasteiger partial charge in [-0.15, -0.1) is 0 Å². The summed E-state index contributed by atoms with van der Waals surface area (Å²) in [5.74, 6) is 0. The van der Waals surface area contributed by atoms with Crippen molar-refractivity contribution < 1.29 is 4.74 Å². The van der Waals surface area contributed by atoms with Gasteiger partial charge in [0.25, 0.3) is 0 Å². The maximum absolute atomic E-state index is 6.01. The van der Waals surface area contributed by atoms with Gasteiger partial charge < -0.3 is 10.5 Å². The molecule has 0 radical (unpaired) electrons. The number of likely N-dealkylation sites (tertiary alicyclic amines) is 1. The molecular weight excluding hydrogens is 248 g/mol. The molecule has 0 aromatic heterocycles. The fourth-order valence-electron chi connectivity index (χ4n) is 2.93. The van der Waals surface area contributed by atoms with Gasteiger partial charge in [0.2, 0.25) is 0 Å². The van der Waals surface area contributed by atoms with E-state index in [2.05, 4.69) is 49.9 Å². The van der Waals surface area contributed by atoms with E-state index in [0.29, 0.717) is 18.7 Å². The Morgan fingerprint density at radius 2 is 1.95 bits per heavy atom. The van der Waals surface area contributed by atoms with Crippen LogP contribution in [0.1, 0.15) is 44.4 Å². The molecule has 112 valence electrons. The van der Waals surface area contributed by atoms with Crippen molar-refractivity contribution in [2.24, 2.45) is 5.73 Å². The second-order valence-corrected chi connectivity index (χ2v) is 6.76. The quantitative estimate of drug-likeness (QED) is 0.919. The summed E-state index contributed by atoms with van der Waals surface area (Å²) in [6.45, 7) is 9.44. The second kappa shape index (κ2) is 6.25. The van der Waals surface area contributed by atoms with E-state index in [0.717, 1.165) is 19.5 Å². The van der Waals surface area contributed by atoms with Crippen LogP contribution in [0.4, 0.5) is 0 Å². The second-order valence-electron chi connectivity index (χ2n) is 6.76. The SMILES string of the molecule is COC1CCN(C(CN)c2ccc(C(C)(C)C)cc2)C1. The molecule has 1 aliphatic heterocycles. The zero-order valence-electron chi connectivity index (χ0n) is 13.2. The van der Waals surface area contributed by atoms with Gasteiger partial charge in [0, 0.05) is 32.8 Å². The molecule has 2 atom stereocenters. The molecule has 1 saturated heterocycles. The van der Waals surface area contributed by atoms with Crippen LogP contribution in [0.3, 0.4) is 0 Å². The number of nitrogens with two attached hydrogens (primary N) is 1. The van der Waals surface area contributed by atoms with E-state index in [1.165, 1.54) is 11.1 Å². The Kier molecular flexibility index (Phi) is 4.84. The first-order valence-corrected chi connectivity index (χ1v) is 7.53. The standard InChI is InChI=1S/C17H28N2O/c1-17(2,3)14-7-5-13(6-8-14)16(11-18)19-10-9-15(12-19)20-4/h5-8,15-16H,9-12,18H2,1-4H3. The van der Waals surface area contributed by atoms with E-state index in [-0.39, 0.29) is 5.41 Å². The minimum absolute atomic E-state index is 0.200. The van der Waals surface area contributed by atoms with Crippen molar-refractivity contribution in [3.05, 3.63) is 35.4 Å². The van der Waals surface area contributed by atoms with Crippen LogP contribution in [0, 0.1) is 0 Å². The van der Waals surface area contributed by atoms with Crippen LogP contribution >= 0.6 is 0 Å². The number of ether oxygens (including phenoxy) is 1. The normalized spacial score (nSPS) is 22.1. The van der Waals surface area contributed by atoms with Crippen molar-refractivity contribution in [1.29, 1.82) is 0 Å². The Bertz CT molecular complexity index is 422. The molecule has 0 bridgehead atoms. The van der Waals surface area contributed by atoms with Crippen molar-refractivity contribution in [2.45, 2.75) is 44.8 Å². The lowest BCUT2D eigenvalue weighted by Gasteiger charge is -2.28. The predicted octanol–water partition coefficient (Wildman–Crippen LogP) is 2.70. The van der Waals surface area contributed by atoms with Crippen LogP contribution in [0.25, 0.3) is 0 Å². The van der Waals surface area contributed by atoms with Gasteiger partial charge in [0.15, 0.2) is 0 Å². The summed E-state index contributed by atoms with van der Waals surface area (Å²) < 4.78 is 5.45. The van der Waals surface area contributed by atoms with Gasteiger partial charge in [-0.25, -0.2) is 0 Å². The zero-order chi connectivity index (χ0) is 14.8. The number of hydrogen-bond acceptors (Lipinski definition) is 3. The van der Waals surface area contributed by atoms with Crippen molar-refractivity contribution in [2.75, 3.05) is 26.7 Å². The Morgan fingerprint density at radius 3 is 2.40 bits per heavy atom. The largest absolute Gasteiger partial charge is 0.380 e. The number of benzene rings is 1. The molecule has 0 amide bonds. The molecule has 2 unspecified atom stereocenters. The third-order valence-electron chi connectivity index (χ3n) is 4.34. The van der Waals surface area contributed by atoms with Gasteiger partial charge in [-0.2, -0.15) is 0 Å². The summed E-state index contributed by atoms with van der Waals surface area (Å²) in [6.07, 6.45) is 1.46. The maximum atomic E-state index is 6.01. The zero-order valence-corrected chi connectivity index (χ0v) is 13.2.